The molecule has 1 N–H and O–H groups in total. The average Bonchev–Trinajstić information content (AvgIpc) is 2.48. The fourth-order valence-electron chi connectivity index (χ4n) is 1.80. The molecule has 0 bridgehead atoms. The molecule has 1 aromatic carbocycles. The Bertz CT molecular complexity index is 671. The van der Waals surface area contributed by atoms with Crippen LogP contribution in [0.5, 0.6) is 0 Å². The number of benzene rings is 1. The summed E-state index contributed by atoms with van der Waals surface area (Å²) in [5.41, 5.74) is 3.10. The van der Waals surface area contributed by atoms with Gasteiger partial charge in [0.1, 0.15) is 0 Å². The van der Waals surface area contributed by atoms with E-state index in [4.69, 9.17) is 5.26 Å². The van der Waals surface area contributed by atoms with Crippen molar-refractivity contribution in [1.82, 2.24) is 10.2 Å². The summed E-state index contributed by atoms with van der Waals surface area (Å²) in [4.78, 5) is 12.3. The summed E-state index contributed by atoms with van der Waals surface area (Å²) in [6, 6.07) is 10.5. The van der Waals surface area contributed by atoms with Crippen molar-refractivity contribution in [2.24, 2.45) is 0 Å². The highest BCUT2D eigenvalue weighted by molar-refractivity contribution is 6.05. The van der Waals surface area contributed by atoms with E-state index < -0.39 is 0 Å². The zero-order valence-electron chi connectivity index (χ0n) is 11.3. The molecule has 0 atom stereocenters. The van der Waals surface area contributed by atoms with Crippen LogP contribution in [-0.2, 0) is 6.42 Å². The lowest BCUT2D eigenvalue weighted by molar-refractivity contribution is 0.102. The van der Waals surface area contributed by atoms with E-state index in [2.05, 4.69) is 15.5 Å². The van der Waals surface area contributed by atoms with Crippen molar-refractivity contribution >= 4 is 11.6 Å². The minimum absolute atomic E-state index is 0.218. The van der Waals surface area contributed by atoms with Gasteiger partial charge in [-0.1, -0.05) is 6.92 Å². The van der Waals surface area contributed by atoms with Crippen molar-refractivity contribution in [2.75, 3.05) is 5.32 Å². The largest absolute Gasteiger partial charge is 0.322 e. The fourth-order valence-corrected chi connectivity index (χ4v) is 1.80. The highest BCUT2D eigenvalue weighted by Gasteiger charge is 2.13. The zero-order chi connectivity index (χ0) is 14.5. The van der Waals surface area contributed by atoms with Gasteiger partial charge in [-0.15, -0.1) is 0 Å². The van der Waals surface area contributed by atoms with Crippen LogP contribution in [0.1, 0.15) is 34.2 Å². The Morgan fingerprint density at radius 3 is 2.60 bits per heavy atom. The molecule has 1 amide bonds. The Morgan fingerprint density at radius 1 is 1.30 bits per heavy atom. The molecule has 2 aromatic rings. The van der Waals surface area contributed by atoms with Gasteiger partial charge in [-0.05, 0) is 43.7 Å². The lowest BCUT2D eigenvalue weighted by atomic mass is 10.1. The molecule has 0 fully saturated rings. The quantitative estimate of drug-likeness (QED) is 0.925. The highest BCUT2D eigenvalue weighted by Crippen LogP contribution is 2.13. The minimum Gasteiger partial charge on any atom is -0.322 e. The summed E-state index contributed by atoms with van der Waals surface area (Å²) < 4.78 is 0. The Morgan fingerprint density at radius 2 is 2.00 bits per heavy atom. The average molecular weight is 266 g/mol. The van der Waals surface area contributed by atoms with Crippen molar-refractivity contribution in [3.63, 3.8) is 0 Å². The van der Waals surface area contributed by atoms with E-state index in [9.17, 15) is 4.79 Å². The molecule has 0 spiro atoms. The molecule has 20 heavy (non-hydrogen) atoms. The van der Waals surface area contributed by atoms with E-state index in [1.165, 1.54) is 0 Å². The summed E-state index contributed by atoms with van der Waals surface area (Å²) in [6.45, 7) is 3.72. The molecule has 0 unspecified atom stereocenters. The normalized spacial score (nSPS) is 9.85. The Kier molecular flexibility index (Phi) is 4.06. The Labute approximate surface area is 117 Å². The van der Waals surface area contributed by atoms with Crippen molar-refractivity contribution in [3.8, 4) is 6.07 Å². The van der Waals surface area contributed by atoms with Gasteiger partial charge in [-0.25, -0.2) is 0 Å². The molecule has 1 aromatic heterocycles. The van der Waals surface area contributed by atoms with E-state index in [0.29, 0.717) is 34.6 Å². The van der Waals surface area contributed by atoms with Gasteiger partial charge in [-0.3, -0.25) is 4.79 Å². The first-order valence-corrected chi connectivity index (χ1v) is 6.28. The maximum Gasteiger partial charge on any atom is 0.257 e. The highest BCUT2D eigenvalue weighted by atomic mass is 16.1. The number of anilines is 1. The van der Waals surface area contributed by atoms with E-state index in [-0.39, 0.29) is 5.91 Å². The molecule has 5 heteroatoms. The second-order valence-electron chi connectivity index (χ2n) is 4.34. The minimum atomic E-state index is -0.218. The number of nitriles is 1. The van der Waals surface area contributed by atoms with Crippen molar-refractivity contribution in [1.29, 1.82) is 5.26 Å². The maximum absolute atomic E-state index is 12.3. The van der Waals surface area contributed by atoms with Crippen LogP contribution >= 0.6 is 0 Å². The predicted molar refractivity (Wildman–Crippen MR) is 75.3 cm³/mol. The van der Waals surface area contributed by atoms with Crippen molar-refractivity contribution in [3.05, 3.63) is 52.8 Å². The summed E-state index contributed by atoms with van der Waals surface area (Å²) >= 11 is 0. The number of nitrogens with zero attached hydrogens (tertiary/aromatic N) is 3. The van der Waals surface area contributed by atoms with Crippen LogP contribution in [0.4, 0.5) is 5.69 Å². The number of hydrogen-bond acceptors (Lipinski definition) is 4. The smallest absolute Gasteiger partial charge is 0.257 e. The SMILES string of the molecule is CCc1nnc(C)cc1C(=O)Nc1ccc(C#N)cc1. The summed E-state index contributed by atoms with van der Waals surface area (Å²) in [5, 5.41) is 19.5. The van der Waals surface area contributed by atoms with Gasteiger partial charge in [0.05, 0.1) is 28.6 Å². The van der Waals surface area contributed by atoms with Crippen molar-refractivity contribution in [2.45, 2.75) is 20.3 Å². The number of aryl methyl sites for hydroxylation is 2. The third-order valence-corrected chi connectivity index (χ3v) is 2.84. The molecule has 2 rings (SSSR count). The molecule has 0 aliphatic rings. The first-order valence-electron chi connectivity index (χ1n) is 6.28. The van der Waals surface area contributed by atoms with Gasteiger partial charge in [-0.2, -0.15) is 15.5 Å². The van der Waals surface area contributed by atoms with Crippen LogP contribution in [-0.4, -0.2) is 16.1 Å². The molecule has 0 saturated heterocycles. The van der Waals surface area contributed by atoms with Gasteiger partial charge in [0.2, 0.25) is 0 Å². The van der Waals surface area contributed by atoms with E-state index >= 15 is 0 Å². The fraction of sp³-hybridized carbons (Fsp3) is 0.200. The van der Waals surface area contributed by atoms with Crippen LogP contribution in [0.25, 0.3) is 0 Å². The van der Waals surface area contributed by atoms with Gasteiger partial charge in [0.15, 0.2) is 0 Å². The Hall–Kier alpha value is -2.74. The van der Waals surface area contributed by atoms with Gasteiger partial charge in [0, 0.05) is 5.69 Å². The molecular formula is C15H14N4O. The lowest BCUT2D eigenvalue weighted by Crippen LogP contribution is -2.16. The number of amides is 1. The summed E-state index contributed by atoms with van der Waals surface area (Å²) in [5.74, 6) is -0.218. The third kappa shape index (κ3) is 2.98. The molecule has 0 aliphatic carbocycles. The van der Waals surface area contributed by atoms with Crippen LogP contribution in [0.15, 0.2) is 30.3 Å². The number of aromatic nitrogens is 2. The molecule has 100 valence electrons. The maximum atomic E-state index is 12.3. The first-order chi connectivity index (χ1) is 9.63. The van der Waals surface area contributed by atoms with Crippen LogP contribution in [0, 0.1) is 18.3 Å². The van der Waals surface area contributed by atoms with Crippen LogP contribution < -0.4 is 5.32 Å². The summed E-state index contributed by atoms with van der Waals surface area (Å²) in [6.07, 6.45) is 0.642. The zero-order valence-corrected chi connectivity index (χ0v) is 11.3. The predicted octanol–water partition coefficient (Wildman–Crippen LogP) is 2.47. The van der Waals surface area contributed by atoms with Crippen LogP contribution in [0.2, 0.25) is 0 Å². The van der Waals surface area contributed by atoms with E-state index in [1.54, 1.807) is 37.3 Å². The number of nitrogens with one attached hydrogen (secondary N) is 1. The second-order valence-corrected chi connectivity index (χ2v) is 4.34. The molecule has 5 nitrogen and oxygen atoms in total. The number of carbonyl (C=O) groups is 1. The van der Waals surface area contributed by atoms with Gasteiger partial charge < -0.3 is 5.32 Å². The topological polar surface area (TPSA) is 78.7 Å². The molecule has 0 saturated carbocycles. The summed E-state index contributed by atoms with van der Waals surface area (Å²) in [7, 11) is 0. The standard InChI is InChI=1S/C15H14N4O/c1-3-14-13(8-10(2)18-19-14)15(20)17-12-6-4-11(9-16)5-7-12/h4-8H,3H2,1-2H3,(H,17,20). The molecule has 1 heterocycles. The third-order valence-electron chi connectivity index (χ3n) is 2.84. The van der Waals surface area contributed by atoms with Gasteiger partial charge in [0.25, 0.3) is 5.91 Å². The monoisotopic (exact) mass is 266 g/mol. The molecule has 0 aliphatic heterocycles. The van der Waals surface area contributed by atoms with Gasteiger partial charge >= 0.3 is 0 Å². The van der Waals surface area contributed by atoms with Crippen LogP contribution in [0.3, 0.4) is 0 Å². The molecule has 0 radical (unpaired) electrons. The number of hydrogen-bond donors (Lipinski definition) is 1. The van der Waals surface area contributed by atoms with Crippen molar-refractivity contribution < 1.29 is 4.79 Å². The lowest BCUT2D eigenvalue weighted by Gasteiger charge is -2.08. The molecular weight excluding hydrogens is 252 g/mol. The Balaban J connectivity index is 2.23. The van der Waals surface area contributed by atoms with E-state index in [1.807, 2.05) is 13.0 Å². The second kappa shape index (κ2) is 5.93. The number of rotatable bonds is 3. The van der Waals surface area contributed by atoms with E-state index in [0.717, 1.165) is 0 Å². The number of carbonyl (C=O) groups excluding carboxylic acids is 1. The first kappa shape index (κ1) is 13.7.